The maximum atomic E-state index is 13.8. The molecule has 3 atom stereocenters. The van der Waals surface area contributed by atoms with Crippen molar-refractivity contribution >= 4 is 29.1 Å². The molecule has 2 amide bonds. The summed E-state index contributed by atoms with van der Waals surface area (Å²) in [4.78, 5) is 30.0. The van der Waals surface area contributed by atoms with Crippen LogP contribution in [0, 0.1) is 0 Å². The maximum Gasteiger partial charge on any atom is 0.232 e. The summed E-state index contributed by atoms with van der Waals surface area (Å²) in [7, 11) is 1.62. The van der Waals surface area contributed by atoms with Crippen molar-refractivity contribution in [2.75, 3.05) is 12.0 Å². The van der Waals surface area contributed by atoms with Crippen LogP contribution in [0.3, 0.4) is 0 Å². The number of hydrogen-bond donors (Lipinski definition) is 0. The van der Waals surface area contributed by atoms with Gasteiger partial charge in [0.05, 0.1) is 31.7 Å². The Labute approximate surface area is 241 Å². The predicted octanol–water partition coefficient (Wildman–Crippen LogP) is 7.28. The van der Waals surface area contributed by atoms with Gasteiger partial charge in [-0.05, 0) is 91.8 Å². The molecule has 1 aliphatic carbocycles. The van der Waals surface area contributed by atoms with E-state index < -0.39 is 0 Å². The lowest BCUT2D eigenvalue weighted by molar-refractivity contribution is -0.131. The highest BCUT2D eigenvalue weighted by atomic mass is 35.5. The SMILES string of the molecule is CC[C@@H](C)Oc1cc2c(cc1OC)CC(=O)N(c1ccc(C(C)N(C(C)=O)C3CC3)cc1)C2c1ccc(Cl)cc1. The van der Waals surface area contributed by atoms with E-state index in [-0.39, 0.29) is 36.4 Å². The van der Waals surface area contributed by atoms with Crippen molar-refractivity contribution < 1.29 is 19.1 Å². The monoisotopic (exact) mass is 560 g/mol. The number of hydrogen-bond acceptors (Lipinski definition) is 4. The summed E-state index contributed by atoms with van der Waals surface area (Å²) in [6.07, 6.45) is 3.23. The Balaban J connectivity index is 1.57. The third kappa shape index (κ3) is 5.55. The number of rotatable bonds is 9. The largest absolute Gasteiger partial charge is 0.493 e. The molecule has 2 unspecified atom stereocenters. The van der Waals surface area contributed by atoms with E-state index in [1.54, 1.807) is 14.0 Å². The van der Waals surface area contributed by atoms with Gasteiger partial charge in [0.15, 0.2) is 11.5 Å². The quantitative estimate of drug-likeness (QED) is 0.276. The predicted molar refractivity (Wildman–Crippen MR) is 158 cm³/mol. The molecule has 1 saturated carbocycles. The van der Waals surface area contributed by atoms with Gasteiger partial charge in [-0.3, -0.25) is 9.59 Å². The summed E-state index contributed by atoms with van der Waals surface area (Å²) < 4.78 is 11.9. The molecule has 0 saturated heterocycles. The molecule has 5 rings (SSSR count). The van der Waals surface area contributed by atoms with Crippen molar-refractivity contribution in [2.24, 2.45) is 0 Å². The number of methoxy groups -OCH3 is 1. The molecular weight excluding hydrogens is 524 g/mol. The normalized spacial score (nSPS) is 18.1. The first-order valence-electron chi connectivity index (χ1n) is 14.1. The first-order valence-corrected chi connectivity index (χ1v) is 14.4. The van der Waals surface area contributed by atoms with Gasteiger partial charge in [-0.2, -0.15) is 0 Å². The minimum absolute atomic E-state index is 0.00533. The molecule has 6 nitrogen and oxygen atoms in total. The van der Waals surface area contributed by atoms with Gasteiger partial charge in [-0.1, -0.05) is 42.8 Å². The van der Waals surface area contributed by atoms with Crippen molar-refractivity contribution in [3.63, 3.8) is 0 Å². The third-order valence-corrected chi connectivity index (χ3v) is 8.30. The second kappa shape index (κ2) is 11.5. The fourth-order valence-electron chi connectivity index (χ4n) is 5.65. The van der Waals surface area contributed by atoms with Crippen LogP contribution in [0.1, 0.15) is 81.3 Å². The van der Waals surface area contributed by atoms with Crippen LogP contribution in [0.25, 0.3) is 0 Å². The fourth-order valence-corrected chi connectivity index (χ4v) is 5.77. The van der Waals surface area contributed by atoms with Gasteiger partial charge in [-0.25, -0.2) is 0 Å². The number of nitrogens with zero attached hydrogens (tertiary/aromatic N) is 2. The van der Waals surface area contributed by atoms with Crippen molar-refractivity contribution in [3.8, 4) is 11.5 Å². The third-order valence-electron chi connectivity index (χ3n) is 8.05. The van der Waals surface area contributed by atoms with Crippen LogP contribution in [0.15, 0.2) is 60.7 Å². The minimum atomic E-state index is -0.373. The van der Waals surface area contributed by atoms with E-state index in [4.69, 9.17) is 21.1 Å². The highest BCUT2D eigenvalue weighted by Crippen LogP contribution is 2.44. The van der Waals surface area contributed by atoms with Crippen LogP contribution in [-0.2, 0) is 16.0 Å². The van der Waals surface area contributed by atoms with E-state index in [0.29, 0.717) is 22.6 Å². The van der Waals surface area contributed by atoms with E-state index in [2.05, 4.69) is 13.8 Å². The van der Waals surface area contributed by atoms with E-state index in [1.165, 1.54) is 0 Å². The topological polar surface area (TPSA) is 59.1 Å². The molecule has 2 aliphatic rings. The number of anilines is 1. The molecule has 0 aromatic heterocycles. The van der Waals surface area contributed by atoms with E-state index in [9.17, 15) is 9.59 Å². The van der Waals surface area contributed by atoms with Crippen LogP contribution in [0.4, 0.5) is 5.69 Å². The number of halogens is 1. The molecule has 3 aromatic carbocycles. The molecule has 0 spiro atoms. The lowest BCUT2D eigenvalue weighted by atomic mass is 9.86. The fraction of sp³-hybridized carbons (Fsp3) is 0.394. The second-order valence-electron chi connectivity index (χ2n) is 10.9. The smallest absolute Gasteiger partial charge is 0.232 e. The summed E-state index contributed by atoms with van der Waals surface area (Å²) >= 11 is 6.25. The second-order valence-corrected chi connectivity index (χ2v) is 11.3. The molecule has 3 aromatic rings. The molecule has 1 fully saturated rings. The number of carbonyl (C=O) groups excluding carboxylic acids is 2. The molecule has 7 heteroatoms. The van der Waals surface area contributed by atoms with Crippen LogP contribution in [0.2, 0.25) is 5.02 Å². The molecule has 0 radical (unpaired) electrons. The number of benzene rings is 3. The maximum absolute atomic E-state index is 13.8. The van der Waals surface area contributed by atoms with Crippen molar-refractivity contribution in [2.45, 2.75) is 77.6 Å². The average Bonchev–Trinajstić information content (AvgIpc) is 3.77. The molecular formula is C33H37ClN2O4. The standard InChI is InChI=1S/C33H37ClN2O4/c1-6-20(2)40-31-19-29-25(17-30(31)39-5)18-32(38)36(33(29)24-7-11-26(34)12-8-24)28-13-9-23(10-14-28)21(3)35(22(4)37)27-15-16-27/h7-14,17,19-21,27,33H,6,15-16,18H2,1-5H3/t20-,21?,33?/m1/s1. The highest BCUT2D eigenvalue weighted by molar-refractivity contribution is 6.30. The Morgan fingerprint density at radius 2 is 1.73 bits per heavy atom. The zero-order valence-corrected chi connectivity index (χ0v) is 24.6. The van der Waals surface area contributed by atoms with Crippen LogP contribution in [0.5, 0.6) is 11.5 Å². The molecule has 0 bridgehead atoms. The summed E-state index contributed by atoms with van der Waals surface area (Å²) in [5, 5.41) is 0.636. The first-order chi connectivity index (χ1) is 19.2. The van der Waals surface area contributed by atoms with Gasteiger partial charge in [0.1, 0.15) is 0 Å². The summed E-state index contributed by atoms with van der Waals surface area (Å²) in [5.41, 5.74) is 4.71. The van der Waals surface area contributed by atoms with Gasteiger partial charge in [0.2, 0.25) is 11.8 Å². The average molecular weight is 561 g/mol. The Morgan fingerprint density at radius 3 is 2.30 bits per heavy atom. The van der Waals surface area contributed by atoms with Crippen molar-refractivity contribution in [1.29, 1.82) is 0 Å². The van der Waals surface area contributed by atoms with Gasteiger partial charge < -0.3 is 19.3 Å². The number of carbonyl (C=O) groups is 2. The molecule has 210 valence electrons. The Kier molecular flexibility index (Phi) is 8.09. The Hall–Kier alpha value is -3.51. The molecule has 0 N–H and O–H groups in total. The number of amides is 2. The van der Waals surface area contributed by atoms with Gasteiger partial charge in [0, 0.05) is 23.7 Å². The van der Waals surface area contributed by atoms with Gasteiger partial charge in [-0.15, -0.1) is 0 Å². The Bertz CT molecular complexity index is 1380. The van der Waals surface area contributed by atoms with Crippen LogP contribution in [-0.4, -0.2) is 36.0 Å². The van der Waals surface area contributed by atoms with Gasteiger partial charge >= 0.3 is 0 Å². The Morgan fingerprint density at radius 1 is 1.05 bits per heavy atom. The zero-order valence-electron chi connectivity index (χ0n) is 23.8. The van der Waals surface area contributed by atoms with Crippen molar-refractivity contribution in [1.82, 2.24) is 4.90 Å². The van der Waals surface area contributed by atoms with Crippen molar-refractivity contribution in [3.05, 3.63) is 87.9 Å². The van der Waals surface area contributed by atoms with Crippen LogP contribution < -0.4 is 14.4 Å². The highest BCUT2D eigenvalue weighted by Gasteiger charge is 2.37. The first kappa shape index (κ1) is 28.0. The van der Waals surface area contributed by atoms with Gasteiger partial charge in [0.25, 0.3) is 0 Å². The number of fused-ring (bicyclic) bond motifs is 1. The molecule has 1 aliphatic heterocycles. The summed E-state index contributed by atoms with van der Waals surface area (Å²) in [6, 6.07) is 19.6. The molecule has 1 heterocycles. The lowest BCUT2D eigenvalue weighted by Gasteiger charge is -2.38. The van der Waals surface area contributed by atoms with E-state index in [0.717, 1.165) is 47.2 Å². The van der Waals surface area contributed by atoms with E-state index in [1.807, 2.05) is 77.4 Å². The van der Waals surface area contributed by atoms with Crippen LogP contribution >= 0.6 is 11.6 Å². The van der Waals surface area contributed by atoms with E-state index >= 15 is 0 Å². The lowest BCUT2D eigenvalue weighted by Crippen LogP contribution is -2.41. The molecule has 40 heavy (non-hydrogen) atoms. The minimum Gasteiger partial charge on any atom is -0.493 e. The summed E-state index contributed by atoms with van der Waals surface area (Å²) in [5.74, 6) is 1.38. The number of ether oxygens (including phenoxy) is 2. The zero-order chi connectivity index (χ0) is 28.6. The summed E-state index contributed by atoms with van der Waals surface area (Å²) in [6.45, 7) is 7.82.